The van der Waals surface area contributed by atoms with Crippen LogP contribution >= 0.6 is 0 Å². The number of nitrogens with zero attached hydrogens (tertiary/aromatic N) is 1. The number of rotatable bonds is 3. The van der Waals surface area contributed by atoms with Crippen molar-refractivity contribution in [1.29, 1.82) is 0 Å². The zero-order valence-electron chi connectivity index (χ0n) is 11.1. The van der Waals surface area contributed by atoms with E-state index in [9.17, 15) is 9.50 Å². The highest BCUT2D eigenvalue weighted by molar-refractivity contribution is 5.39. The molecule has 0 saturated carbocycles. The maximum absolute atomic E-state index is 13.1. The number of ether oxygens (including phenoxy) is 1. The van der Waals surface area contributed by atoms with Gasteiger partial charge in [-0.15, -0.1) is 0 Å². The molecule has 0 unspecified atom stereocenters. The Labute approximate surface area is 117 Å². The van der Waals surface area contributed by atoms with Gasteiger partial charge in [0.05, 0.1) is 12.8 Å². The smallest absolute Gasteiger partial charge is 0.224 e. The number of aliphatic hydroxyl groups excluding tert-OH is 1. The molecule has 0 radical (unpaired) electrons. The molecule has 1 N–H and O–H groups in total. The van der Waals surface area contributed by atoms with Crippen molar-refractivity contribution >= 4 is 0 Å². The van der Waals surface area contributed by atoms with Crippen LogP contribution in [0.2, 0.25) is 0 Å². The van der Waals surface area contributed by atoms with Gasteiger partial charge in [-0.25, -0.2) is 9.37 Å². The van der Waals surface area contributed by atoms with Crippen molar-refractivity contribution in [3.8, 4) is 11.6 Å². The van der Waals surface area contributed by atoms with E-state index in [-0.39, 0.29) is 12.5 Å². The molecule has 1 aliphatic rings. The summed E-state index contributed by atoms with van der Waals surface area (Å²) < 4.78 is 18.8. The lowest BCUT2D eigenvalue weighted by molar-refractivity contribution is 0.274. The van der Waals surface area contributed by atoms with Crippen molar-refractivity contribution in [2.45, 2.75) is 32.3 Å². The summed E-state index contributed by atoms with van der Waals surface area (Å²) in [7, 11) is 0. The molecular weight excluding hydrogens is 257 g/mol. The molecule has 2 aromatic rings. The third-order valence-corrected chi connectivity index (χ3v) is 3.60. The zero-order chi connectivity index (χ0) is 13.9. The first-order chi connectivity index (χ1) is 9.76. The maximum atomic E-state index is 13.1. The van der Waals surface area contributed by atoms with E-state index in [2.05, 4.69) is 11.1 Å². The minimum atomic E-state index is -0.480. The summed E-state index contributed by atoms with van der Waals surface area (Å²) in [5, 5.41) is 9.23. The number of hydrogen-bond donors (Lipinski definition) is 1. The number of hydrogen-bond acceptors (Lipinski definition) is 3. The van der Waals surface area contributed by atoms with Gasteiger partial charge in [0.15, 0.2) is 0 Å². The molecule has 0 bridgehead atoms. The molecule has 0 saturated heterocycles. The molecule has 3 nitrogen and oxygen atoms in total. The van der Waals surface area contributed by atoms with E-state index in [1.165, 1.54) is 30.0 Å². The largest absolute Gasteiger partial charge is 0.439 e. The summed E-state index contributed by atoms with van der Waals surface area (Å²) in [6.07, 6.45) is 5.71. The third kappa shape index (κ3) is 2.65. The molecule has 0 atom stereocenters. The molecule has 0 aliphatic heterocycles. The average Bonchev–Trinajstić information content (AvgIpc) is 2.49. The summed E-state index contributed by atoms with van der Waals surface area (Å²) >= 11 is 0. The van der Waals surface area contributed by atoms with Gasteiger partial charge < -0.3 is 9.84 Å². The monoisotopic (exact) mass is 273 g/mol. The molecule has 1 heterocycles. The Bertz CT molecular complexity index is 628. The van der Waals surface area contributed by atoms with Gasteiger partial charge >= 0.3 is 0 Å². The fourth-order valence-corrected chi connectivity index (χ4v) is 2.56. The Morgan fingerprint density at radius 1 is 1.15 bits per heavy atom. The van der Waals surface area contributed by atoms with Gasteiger partial charge in [0.1, 0.15) is 11.6 Å². The molecule has 1 aliphatic carbocycles. The number of fused-ring (bicyclic) bond motifs is 1. The molecule has 104 valence electrons. The van der Waals surface area contributed by atoms with Gasteiger partial charge in [-0.05, 0) is 55.0 Å². The van der Waals surface area contributed by atoms with Crippen LogP contribution in [0.25, 0.3) is 0 Å². The van der Waals surface area contributed by atoms with Crippen LogP contribution in [0.3, 0.4) is 0 Å². The fraction of sp³-hybridized carbons (Fsp3) is 0.312. The minimum absolute atomic E-state index is 0.254. The summed E-state index contributed by atoms with van der Waals surface area (Å²) in [5.41, 5.74) is 3.03. The molecule has 4 heteroatoms. The highest BCUT2D eigenvalue weighted by atomic mass is 19.1. The Kier molecular flexibility index (Phi) is 3.65. The summed E-state index contributed by atoms with van der Waals surface area (Å²) in [6.45, 7) is -0.301. The topological polar surface area (TPSA) is 42.4 Å². The van der Waals surface area contributed by atoms with Crippen molar-refractivity contribution in [2.75, 3.05) is 0 Å². The number of halogens is 1. The number of aromatic nitrogens is 1. The van der Waals surface area contributed by atoms with Gasteiger partial charge in [-0.2, -0.15) is 0 Å². The second-order valence-corrected chi connectivity index (χ2v) is 5.02. The van der Waals surface area contributed by atoms with Crippen molar-refractivity contribution in [1.82, 2.24) is 4.98 Å². The first-order valence-electron chi connectivity index (χ1n) is 6.81. The first kappa shape index (κ1) is 13.1. The van der Waals surface area contributed by atoms with Gasteiger partial charge in [0.2, 0.25) is 5.88 Å². The summed E-state index contributed by atoms with van der Waals surface area (Å²) in [6, 6.07) is 7.23. The minimum Gasteiger partial charge on any atom is -0.439 e. The van der Waals surface area contributed by atoms with Crippen LogP contribution in [-0.2, 0) is 19.4 Å². The van der Waals surface area contributed by atoms with Crippen LogP contribution in [0.1, 0.15) is 29.5 Å². The summed E-state index contributed by atoms with van der Waals surface area (Å²) in [4.78, 5) is 3.90. The number of aryl methyl sites for hydroxylation is 2. The average molecular weight is 273 g/mol. The van der Waals surface area contributed by atoms with Crippen LogP contribution in [0.15, 0.2) is 30.5 Å². The molecule has 0 spiro atoms. The Balaban J connectivity index is 1.87. The SMILES string of the molecule is OCc1cc(F)cnc1Oc1ccc2c(c1)CCCC2. The highest BCUT2D eigenvalue weighted by Gasteiger charge is 2.12. The molecule has 1 aromatic carbocycles. The number of pyridine rings is 1. The van der Waals surface area contributed by atoms with E-state index < -0.39 is 5.82 Å². The van der Waals surface area contributed by atoms with E-state index in [1.807, 2.05) is 12.1 Å². The normalized spacial score (nSPS) is 13.9. The van der Waals surface area contributed by atoms with Crippen LogP contribution in [0, 0.1) is 5.82 Å². The fourth-order valence-electron chi connectivity index (χ4n) is 2.56. The number of benzene rings is 1. The molecule has 0 fully saturated rings. The number of aliphatic hydroxyl groups is 1. The predicted molar refractivity (Wildman–Crippen MR) is 73.3 cm³/mol. The predicted octanol–water partition coefficient (Wildman–Crippen LogP) is 3.38. The van der Waals surface area contributed by atoms with Gasteiger partial charge in [-0.3, -0.25) is 0 Å². The molecular formula is C16H16FNO2. The van der Waals surface area contributed by atoms with Crippen LogP contribution < -0.4 is 4.74 Å². The zero-order valence-corrected chi connectivity index (χ0v) is 11.1. The Hall–Kier alpha value is -1.94. The lowest BCUT2D eigenvalue weighted by Gasteiger charge is -2.17. The van der Waals surface area contributed by atoms with E-state index >= 15 is 0 Å². The van der Waals surface area contributed by atoms with Crippen molar-refractivity contribution in [2.24, 2.45) is 0 Å². The Morgan fingerprint density at radius 3 is 2.75 bits per heavy atom. The third-order valence-electron chi connectivity index (χ3n) is 3.60. The lowest BCUT2D eigenvalue weighted by Crippen LogP contribution is -2.03. The van der Waals surface area contributed by atoms with Gasteiger partial charge in [-0.1, -0.05) is 6.07 Å². The quantitative estimate of drug-likeness (QED) is 0.932. The maximum Gasteiger partial charge on any atom is 0.224 e. The molecule has 20 heavy (non-hydrogen) atoms. The second-order valence-electron chi connectivity index (χ2n) is 5.02. The molecule has 3 rings (SSSR count). The van der Waals surface area contributed by atoms with E-state index in [0.29, 0.717) is 11.3 Å². The van der Waals surface area contributed by atoms with Crippen molar-refractivity contribution < 1.29 is 14.2 Å². The highest BCUT2D eigenvalue weighted by Crippen LogP contribution is 2.29. The first-order valence-corrected chi connectivity index (χ1v) is 6.81. The van der Waals surface area contributed by atoms with Gasteiger partial charge in [0, 0.05) is 5.56 Å². The lowest BCUT2D eigenvalue weighted by atomic mass is 9.92. The van der Waals surface area contributed by atoms with Crippen molar-refractivity contribution in [3.63, 3.8) is 0 Å². The van der Waals surface area contributed by atoms with Crippen LogP contribution in [0.5, 0.6) is 11.6 Å². The molecule has 1 aromatic heterocycles. The summed E-state index contributed by atoms with van der Waals surface area (Å²) in [5.74, 6) is 0.455. The van der Waals surface area contributed by atoms with Crippen LogP contribution in [0.4, 0.5) is 4.39 Å². The van der Waals surface area contributed by atoms with E-state index in [4.69, 9.17) is 4.74 Å². The standard InChI is InChI=1S/C16H16FNO2/c17-14-7-13(10-19)16(18-9-14)20-15-6-5-11-3-1-2-4-12(11)8-15/h5-9,19H,1-4,10H2. The van der Waals surface area contributed by atoms with Gasteiger partial charge in [0.25, 0.3) is 0 Å². The van der Waals surface area contributed by atoms with Crippen LogP contribution in [-0.4, -0.2) is 10.1 Å². The Morgan fingerprint density at radius 2 is 1.95 bits per heavy atom. The van der Waals surface area contributed by atoms with Crippen molar-refractivity contribution in [3.05, 3.63) is 53.0 Å². The second kappa shape index (κ2) is 5.59. The molecule has 0 amide bonds. The van der Waals surface area contributed by atoms with E-state index in [1.54, 1.807) is 0 Å². The van der Waals surface area contributed by atoms with E-state index in [0.717, 1.165) is 19.0 Å².